The van der Waals surface area contributed by atoms with Crippen LogP contribution < -0.4 is 0 Å². The number of aliphatic hydroxyl groups is 1. The van der Waals surface area contributed by atoms with Crippen molar-refractivity contribution in [3.8, 4) is 0 Å². The van der Waals surface area contributed by atoms with Crippen molar-refractivity contribution in [3.05, 3.63) is 48.6 Å². The van der Waals surface area contributed by atoms with Crippen LogP contribution in [0.15, 0.2) is 48.6 Å². The minimum Gasteiger partial charge on any atom is -0.462 e. The van der Waals surface area contributed by atoms with E-state index in [0.29, 0.717) is 12.8 Å². The normalized spacial score (nSPS) is 12.6. The number of hydrogen-bond donors (Lipinski definition) is 1. The Morgan fingerprint density at radius 3 is 1.35 bits per heavy atom. The lowest BCUT2D eigenvalue weighted by Gasteiger charge is -2.15. The Kier molecular flexibility index (Phi) is 37.5. The fraction of sp³-hybridized carbons (Fsp3) is 0.767. The fourth-order valence-corrected chi connectivity index (χ4v) is 5.51. The summed E-state index contributed by atoms with van der Waals surface area (Å²) in [5, 5.41) is 9.55. The highest BCUT2D eigenvalue weighted by molar-refractivity contribution is 5.70. The van der Waals surface area contributed by atoms with Crippen LogP contribution in [0.2, 0.25) is 0 Å². The van der Waals surface area contributed by atoms with E-state index in [1.165, 1.54) is 122 Å². The molecule has 0 amide bonds. The zero-order chi connectivity index (χ0) is 35.0. The van der Waals surface area contributed by atoms with Crippen LogP contribution >= 0.6 is 0 Å². The second-order valence-electron chi connectivity index (χ2n) is 13.4. The molecule has 0 fully saturated rings. The van der Waals surface area contributed by atoms with Crippen molar-refractivity contribution >= 4 is 11.9 Å². The van der Waals surface area contributed by atoms with Crippen LogP contribution in [0.25, 0.3) is 0 Å². The third-order valence-corrected chi connectivity index (χ3v) is 8.60. The standard InChI is InChI=1S/C43H76O5/c1-3-5-7-9-11-13-15-17-19-20-21-22-24-26-28-30-32-34-36-38-43(46)48-41(39-44)40-47-42(45)37-35-33-31-29-27-25-23-18-16-14-12-10-8-6-4-2/h14,16,20-21,24,26,30,32,41,44H,3-13,15,17-19,22-23,25,27-29,31,33-40H2,1-2H3/b16-14-,21-20-,26-24-,32-30-/t41-/m0/s1. The molecule has 1 atom stereocenters. The molecule has 0 bridgehead atoms. The Morgan fingerprint density at radius 1 is 0.479 bits per heavy atom. The molecule has 278 valence electrons. The van der Waals surface area contributed by atoms with E-state index >= 15 is 0 Å². The number of allylic oxidation sites excluding steroid dienone is 8. The van der Waals surface area contributed by atoms with Crippen molar-refractivity contribution in [2.75, 3.05) is 13.2 Å². The average Bonchev–Trinajstić information content (AvgIpc) is 3.09. The number of aliphatic hydroxyl groups excluding tert-OH is 1. The van der Waals surface area contributed by atoms with E-state index in [2.05, 4.69) is 62.5 Å². The van der Waals surface area contributed by atoms with E-state index in [1.54, 1.807) is 0 Å². The zero-order valence-corrected chi connectivity index (χ0v) is 31.5. The molecule has 0 aromatic rings. The van der Waals surface area contributed by atoms with Crippen molar-refractivity contribution in [1.29, 1.82) is 0 Å². The summed E-state index contributed by atoms with van der Waals surface area (Å²) < 4.78 is 10.6. The topological polar surface area (TPSA) is 72.8 Å². The molecule has 0 aromatic carbocycles. The number of unbranched alkanes of at least 4 members (excludes halogenated alkanes) is 20. The number of hydrogen-bond acceptors (Lipinski definition) is 5. The molecule has 0 aromatic heterocycles. The summed E-state index contributed by atoms with van der Waals surface area (Å²) in [6.07, 6.45) is 48.9. The highest BCUT2D eigenvalue weighted by Crippen LogP contribution is 2.12. The largest absolute Gasteiger partial charge is 0.462 e. The van der Waals surface area contributed by atoms with Crippen LogP contribution in [-0.4, -0.2) is 36.4 Å². The predicted octanol–water partition coefficient (Wildman–Crippen LogP) is 12.6. The van der Waals surface area contributed by atoms with Crippen molar-refractivity contribution in [2.24, 2.45) is 0 Å². The van der Waals surface area contributed by atoms with Gasteiger partial charge in [0.05, 0.1) is 6.61 Å². The molecule has 0 rings (SSSR count). The van der Waals surface area contributed by atoms with Gasteiger partial charge in [-0.2, -0.15) is 0 Å². The minimum atomic E-state index is -0.799. The van der Waals surface area contributed by atoms with E-state index in [-0.39, 0.29) is 31.6 Å². The van der Waals surface area contributed by atoms with Crippen LogP contribution in [0.5, 0.6) is 0 Å². The lowest BCUT2D eigenvalue weighted by molar-refractivity contribution is -0.161. The first kappa shape index (κ1) is 45.9. The first-order valence-electron chi connectivity index (χ1n) is 20.2. The maximum Gasteiger partial charge on any atom is 0.306 e. The molecule has 0 spiro atoms. The number of ether oxygens (including phenoxy) is 2. The molecule has 0 unspecified atom stereocenters. The van der Waals surface area contributed by atoms with E-state index in [4.69, 9.17) is 9.47 Å². The Labute approximate surface area is 297 Å². The molecule has 0 aliphatic carbocycles. The molecule has 0 saturated carbocycles. The van der Waals surface area contributed by atoms with Gasteiger partial charge >= 0.3 is 11.9 Å². The molecule has 0 radical (unpaired) electrons. The Balaban J connectivity index is 3.65. The molecular weight excluding hydrogens is 596 g/mol. The SMILES string of the molecule is CCCCCC/C=C\CCCCCCCCCC(=O)OC[C@H](CO)OC(=O)CCC/C=C\C/C=C\C/C=C\CCCCCCCCCC. The first-order chi connectivity index (χ1) is 23.6. The van der Waals surface area contributed by atoms with Gasteiger partial charge in [-0.1, -0.05) is 159 Å². The third kappa shape index (κ3) is 36.7. The van der Waals surface area contributed by atoms with Crippen molar-refractivity contribution < 1.29 is 24.2 Å². The molecular formula is C43H76O5. The number of esters is 2. The average molecular weight is 673 g/mol. The van der Waals surface area contributed by atoms with Gasteiger partial charge in [0.15, 0.2) is 6.10 Å². The highest BCUT2D eigenvalue weighted by atomic mass is 16.6. The molecule has 0 saturated heterocycles. The van der Waals surface area contributed by atoms with Gasteiger partial charge in [-0.3, -0.25) is 9.59 Å². The molecule has 0 aliphatic rings. The van der Waals surface area contributed by atoms with Crippen LogP contribution in [0.1, 0.15) is 194 Å². The van der Waals surface area contributed by atoms with Gasteiger partial charge in [0.1, 0.15) is 6.61 Å². The number of carbonyl (C=O) groups is 2. The Hall–Kier alpha value is -2.14. The summed E-state index contributed by atoms with van der Waals surface area (Å²) in [6, 6.07) is 0. The summed E-state index contributed by atoms with van der Waals surface area (Å²) in [6.45, 7) is 4.08. The predicted molar refractivity (Wildman–Crippen MR) is 205 cm³/mol. The fourth-order valence-electron chi connectivity index (χ4n) is 5.51. The van der Waals surface area contributed by atoms with E-state index in [0.717, 1.165) is 38.5 Å². The van der Waals surface area contributed by atoms with Crippen LogP contribution in [0.4, 0.5) is 0 Å². The van der Waals surface area contributed by atoms with Gasteiger partial charge in [-0.15, -0.1) is 0 Å². The quantitative estimate of drug-likeness (QED) is 0.0407. The summed E-state index contributed by atoms with van der Waals surface area (Å²) in [4.78, 5) is 24.2. The van der Waals surface area contributed by atoms with E-state index in [9.17, 15) is 14.7 Å². The second-order valence-corrected chi connectivity index (χ2v) is 13.4. The first-order valence-corrected chi connectivity index (χ1v) is 20.2. The van der Waals surface area contributed by atoms with Gasteiger partial charge in [-0.05, 0) is 70.6 Å². The second kappa shape index (κ2) is 39.3. The smallest absolute Gasteiger partial charge is 0.306 e. The number of rotatable bonds is 36. The van der Waals surface area contributed by atoms with Crippen molar-refractivity contribution in [3.63, 3.8) is 0 Å². The van der Waals surface area contributed by atoms with Gasteiger partial charge in [0.2, 0.25) is 0 Å². The summed E-state index contributed by atoms with van der Waals surface area (Å²) >= 11 is 0. The number of carbonyl (C=O) groups excluding carboxylic acids is 2. The molecule has 0 heterocycles. The molecule has 5 heteroatoms. The maximum absolute atomic E-state index is 12.1. The third-order valence-electron chi connectivity index (χ3n) is 8.60. The van der Waals surface area contributed by atoms with Gasteiger partial charge in [-0.25, -0.2) is 0 Å². The van der Waals surface area contributed by atoms with Gasteiger partial charge in [0, 0.05) is 12.8 Å². The minimum absolute atomic E-state index is 0.0884. The zero-order valence-electron chi connectivity index (χ0n) is 31.5. The van der Waals surface area contributed by atoms with Crippen molar-refractivity contribution in [2.45, 2.75) is 200 Å². The monoisotopic (exact) mass is 673 g/mol. The summed E-state index contributed by atoms with van der Waals surface area (Å²) in [5.41, 5.74) is 0. The van der Waals surface area contributed by atoms with Crippen molar-refractivity contribution in [1.82, 2.24) is 0 Å². The van der Waals surface area contributed by atoms with Gasteiger partial charge < -0.3 is 14.6 Å². The van der Waals surface area contributed by atoms with Gasteiger partial charge in [0.25, 0.3) is 0 Å². The van der Waals surface area contributed by atoms with E-state index in [1.807, 2.05) is 0 Å². The molecule has 5 nitrogen and oxygen atoms in total. The van der Waals surface area contributed by atoms with Crippen LogP contribution in [0, 0.1) is 0 Å². The lowest BCUT2D eigenvalue weighted by atomic mass is 10.1. The maximum atomic E-state index is 12.1. The Morgan fingerprint density at radius 2 is 0.854 bits per heavy atom. The summed E-state index contributed by atoms with van der Waals surface area (Å²) in [7, 11) is 0. The Bertz CT molecular complexity index is 812. The lowest BCUT2D eigenvalue weighted by Crippen LogP contribution is -2.28. The molecule has 0 aliphatic heterocycles. The van der Waals surface area contributed by atoms with Crippen LogP contribution in [0.3, 0.4) is 0 Å². The van der Waals surface area contributed by atoms with Crippen LogP contribution in [-0.2, 0) is 19.1 Å². The molecule has 1 N–H and O–H groups in total. The highest BCUT2D eigenvalue weighted by Gasteiger charge is 2.15. The molecule has 48 heavy (non-hydrogen) atoms. The van der Waals surface area contributed by atoms with E-state index < -0.39 is 6.10 Å². The summed E-state index contributed by atoms with van der Waals surface area (Å²) in [5.74, 6) is -0.657.